The average Bonchev–Trinajstić information content (AvgIpc) is 2.77. The molecule has 4 heteroatoms. The van der Waals surface area contributed by atoms with E-state index >= 15 is 0 Å². The fourth-order valence-electron chi connectivity index (χ4n) is 10.9. The Morgan fingerprint density at radius 2 is 1.56 bits per heavy atom. The Kier molecular flexibility index (Phi) is 6.01. The summed E-state index contributed by atoms with van der Waals surface area (Å²) in [5.74, 6) is 1.50. The number of rotatable bonds is 2. The molecule has 0 N–H and O–H groups in total. The summed E-state index contributed by atoms with van der Waals surface area (Å²) >= 11 is 6.20. The third-order valence-electron chi connectivity index (χ3n) is 13.6. The summed E-state index contributed by atoms with van der Waals surface area (Å²) in [5.41, 5.74) is 2.19. The van der Waals surface area contributed by atoms with Crippen LogP contribution in [0.1, 0.15) is 120 Å². The molecule has 0 radical (unpaired) electrons. The number of hydrogen-bond acceptors (Lipinski definition) is 3. The summed E-state index contributed by atoms with van der Waals surface area (Å²) in [6, 6.07) is 0. The van der Waals surface area contributed by atoms with E-state index in [-0.39, 0.29) is 44.4 Å². The van der Waals surface area contributed by atoms with Crippen molar-refractivity contribution in [2.75, 3.05) is 0 Å². The fourth-order valence-corrected chi connectivity index (χ4v) is 11.1. The van der Waals surface area contributed by atoms with Crippen LogP contribution in [0.4, 0.5) is 0 Å². The number of carbonyl (C=O) groups is 2. The molecule has 5 aliphatic rings. The lowest BCUT2D eigenvalue weighted by Crippen LogP contribution is -2.64. The van der Waals surface area contributed by atoms with E-state index in [0.29, 0.717) is 17.8 Å². The highest BCUT2D eigenvalue weighted by molar-refractivity contribution is 6.64. The molecule has 0 saturated heterocycles. The zero-order valence-electron chi connectivity index (χ0n) is 24.1. The van der Waals surface area contributed by atoms with Crippen molar-refractivity contribution < 1.29 is 14.3 Å². The molecule has 0 aliphatic heterocycles. The Balaban J connectivity index is 1.53. The van der Waals surface area contributed by atoms with Gasteiger partial charge in [0.2, 0.25) is 5.24 Å². The molecule has 5 aliphatic carbocycles. The standard InChI is InChI=1S/C32H49ClO3/c1-20(34)36-25-12-13-30(6)23(27(25,2)3)11-14-32(8)24(30)10-9-21-22-19-29(5,26(33)35)16-15-28(22,4)17-18-31(21,32)7/h9,22-25H,10-19H2,1-8H3/t22-,23-,24+,25-,28-,29-,30-,31-,32-/m1/s1. The van der Waals surface area contributed by atoms with Gasteiger partial charge in [-0.2, -0.15) is 0 Å². The molecular formula is C32H49ClO3. The van der Waals surface area contributed by atoms with Crippen LogP contribution in [0.5, 0.6) is 0 Å². The Labute approximate surface area is 224 Å². The first-order valence-corrected chi connectivity index (χ1v) is 15.0. The maximum Gasteiger partial charge on any atom is 0.302 e. The molecular weight excluding hydrogens is 468 g/mol. The van der Waals surface area contributed by atoms with Crippen molar-refractivity contribution in [3.05, 3.63) is 11.6 Å². The van der Waals surface area contributed by atoms with Crippen LogP contribution in [-0.2, 0) is 14.3 Å². The van der Waals surface area contributed by atoms with Crippen molar-refractivity contribution in [2.24, 2.45) is 50.2 Å². The van der Waals surface area contributed by atoms with Gasteiger partial charge in [-0.3, -0.25) is 9.59 Å². The lowest BCUT2D eigenvalue weighted by Gasteiger charge is -2.71. The van der Waals surface area contributed by atoms with E-state index in [1.807, 2.05) is 0 Å². The zero-order valence-corrected chi connectivity index (χ0v) is 24.8. The molecule has 4 saturated carbocycles. The van der Waals surface area contributed by atoms with Gasteiger partial charge in [0.15, 0.2) is 0 Å². The van der Waals surface area contributed by atoms with Crippen LogP contribution < -0.4 is 0 Å². The highest BCUT2D eigenvalue weighted by Gasteiger charge is 2.68. The van der Waals surface area contributed by atoms with Crippen molar-refractivity contribution in [3.8, 4) is 0 Å². The number of hydrogen-bond donors (Lipinski definition) is 0. The first kappa shape index (κ1) is 26.8. The van der Waals surface area contributed by atoms with Crippen molar-refractivity contribution in [1.82, 2.24) is 0 Å². The third-order valence-corrected chi connectivity index (χ3v) is 14.0. The van der Waals surface area contributed by atoms with E-state index < -0.39 is 5.41 Å². The van der Waals surface area contributed by atoms with Crippen LogP contribution in [0.3, 0.4) is 0 Å². The minimum atomic E-state index is -0.397. The number of halogens is 1. The average molecular weight is 517 g/mol. The number of esters is 1. The quantitative estimate of drug-likeness (QED) is 0.210. The van der Waals surface area contributed by atoms with Gasteiger partial charge in [0.05, 0.1) is 0 Å². The molecule has 0 aromatic heterocycles. The van der Waals surface area contributed by atoms with Gasteiger partial charge in [-0.15, -0.1) is 0 Å². The molecule has 4 fully saturated rings. The van der Waals surface area contributed by atoms with Gasteiger partial charge in [0.1, 0.15) is 6.10 Å². The summed E-state index contributed by atoms with van der Waals surface area (Å²) < 4.78 is 5.89. The number of carbonyl (C=O) groups excluding carboxylic acids is 2. The van der Waals surface area contributed by atoms with E-state index in [1.165, 1.54) is 25.7 Å². The molecule has 0 unspecified atom stereocenters. The normalized spacial score (nSPS) is 51.5. The van der Waals surface area contributed by atoms with Crippen molar-refractivity contribution in [2.45, 2.75) is 126 Å². The second-order valence-corrected chi connectivity index (χ2v) is 15.8. The molecule has 0 aromatic carbocycles. The molecule has 3 nitrogen and oxygen atoms in total. The summed E-state index contributed by atoms with van der Waals surface area (Å²) in [6.07, 6.45) is 13.8. The Morgan fingerprint density at radius 3 is 2.19 bits per heavy atom. The number of ether oxygens (including phenoxy) is 1. The third kappa shape index (κ3) is 3.42. The number of fused-ring (bicyclic) bond motifs is 7. The van der Waals surface area contributed by atoms with Crippen LogP contribution in [0.2, 0.25) is 0 Å². The summed E-state index contributed by atoms with van der Waals surface area (Å²) in [4.78, 5) is 24.4. The van der Waals surface area contributed by atoms with Crippen molar-refractivity contribution in [1.29, 1.82) is 0 Å². The van der Waals surface area contributed by atoms with Crippen LogP contribution in [-0.4, -0.2) is 17.3 Å². The van der Waals surface area contributed by atoms with E-state index in [4.69, 9.17) is 16.3 Å². The summed E-state index contributed by atoms with van der Waals surface area (Å²) in [7, 11) is 0. The molecule has 36 heavy (non-hydrogen) atoms. The lowest BCUT2D eigenvalue weighted by atomic mass is 9.33. The van der Waals surface area contributed by atoms with Crippen LogP contribution in [0.15, 0.2) is 11.6 Å². The Morgan fingerprint density at radius 1 is 0.889 bits per heavy atom. The van der Waals surface area contributed by atoms with E-state index in [0.717, 1.165) is 38.5 Å². The smallest absolute Gasteiger partial charge is 0.302 e. The molecule has 0 aromatic rings. The predicted molar refractivity (Wildman–Crippen MR) is 145 cm³/mol. The first-order chi connectivity index (χ1) is 16.5. The Bertz CT molecular complexity index is 999. The van der Waals surface area contributed by atoms with Crippen molar-refractivity contribution >= 4 is 22.8 Å². The summed E-state index contributed by atoms with van der Waals surface area (Å²) in [5, 5.41) is -0.142. The molecule has 0 heterocycles. The van der Waals surface area contributed by atoms with Gasteiger partial charge in [0, 0.05) is 17.8 Å². The second-order valence-electron chi connectivity index (χ2n) is 15.5. The number of allylic oxidation sites excluding steroid dienone is 2. The van der Waals surface area contributed by atoms with Gasteiger partial charge in [-0.25, -0.2) is 0 Å². The van der Waals surface area contributed by atoms with E-state index in [2.05, 4.69) is 54.5 Å². The second kappa shape index (κ2) is 8.09. The monoisotopic (exact) mass is 516 g/mol. The van der Waals surface area contributed by atoms with E-state index in [9.17, 15) is 9.59 Å². The molecule has 0 amide bonds. The SMILES string of the molecule is CC(=O)O[C@@H]1CC[C@]2(C)[C@H](CC[C@]3(C)[C@H]2CC=C2[C@H]4C[C@](C)(C(=O)Cl)CC[C@]4(C)CC[C@]23C)C1(C)C. The van der Waals surface area contributed by atoms with Crippen LogP contribution in [0, 0.1) is 50.2 Å². The first-order valence-electron chi connectivity index (χ1n) is 14.6. The molecule has 0 bridgehead atoms. The van der Waals surface area contributed by atoms with E-state index in [1.54, 1.807) is 12.5 Å². The summed E-state index contributed by atoms with van der Waals surface area (Å²) in [6.45, 7) is 18.6. The minimum absolute atomic E-state index is 0.0120. The molecule has 202 valence electrons. The molecule has 9 atom stereocenters. The largest absolute Gasteiger partial charge is 0.462 e. The van der Waals surface area contributed by atoms with Gasteiger partial charge in [0.25, 0.3) is 0 Å². The molecule has 0 spiro atoms. The minimum Gasteiger partial charge on any atom is -0.462 e. The highest BCUT2D eigenvalue weighted by atomic mass is 35.5. The van der Waals surface area contributed by atoms with Gasteiger partial charge < -0.3 is 4.74 Å². The lowest BCUT2D eigenvalue weighted by molar-refractivity contribution is -0.211. The van der Waals surface area contributed by atoms with Crippen LogP contribution >= 0.6 is 11.6 Å². The topological polar surface area (TPSA) is 43.4 Å². The van der Waals surface area contributed by atoms with Gasteiger partial charge >= 0.3 is 5.97 Å². The van der Waals surface area contributed by atoms with Crippen molar-refractivity contribution in [3.63, 3.8) is 0 Å². The van der Waals surface area contributed by atoms with Gasteiger partial charge in [-0.1, -0.05) is 60.1 Å². The highest BCUT2D eigenvalue weighted by Crippen LogP contribution is 2.75. The Hall–Kier alpha value is -0.830. The zero-order chi connectivity index (χ0) is 26.5. The predicted octanol–water partition coefficient (Wildman–Crippen LogP) is 8.49. The maximum atomic E-state index is 12.5. The molecule has 5 rings (SSSR count). The fraction of sp³-hybridized carbons (Fsp3) is 0.875. The van der Waals surface area contributed by atoms with Crippen LogP contribution in [0.25, 0.3) is 0 Å². The van der Waals surface area contributed by atoms with Gasteiger partial charge in [-0.05, 0) is 115 Å². The maximum absolute atomic E-state index is 12.5.